The third kappa shape index (κ3) is 5.65. The topological polar surface area (TPSA) is 88.5 Å². The predicted molar refractivity (Wildman–Crippen MR) is 138 cm³/mol. The largest absolute Gasteiger partial charge is 0.503 e. The van der Waals surface area contributed by atoms with Crippen molar-refractivity contribution in [3.8, 4) is 17.2 Å². The summed E-state index contributed by atoms with van der Waals surface area (Å²) in [6, 6.07) is 12.4. The molecule has 2 aromatic carbocycles. The van der Waals surface area contributed by atoms with Gasteiger partial charge < -0.3 is 29.1 Å². The average molecular weight is 497 g/mol. The summed E-state index contributed by atoms with van der Waals surface area (Å²) in [6.07, 6.45) is 0.674. The number of hydrogen-bond acceptors (Lipinski definition) is 7. The fourth-order valence-electron chi connectivity index (χ4n) is 4.60. The van der Waals surface area contributed by atoms with Crippen LogP contribution >= 0.6 is 0 Å². The van der Waals surface area contributed by atoms with Crippen molar-refractivity contribution in [2.45, 2.75) is 32.7 Å². The number of ketones is 1. The number of rotatable bonds is 13. The highest BCUT2D eigenvalue weighted by Crippen LogP contribution is 2.45. The lowest BCUT2D eigenvalue weighted by atomic mass is 9.92. The monoisotopic (exact) mass is 496 g/mol. The van der Waals surface area contributed by atoms with Gasteiger partial charge in [0.2, 0.25) is 5.75 Å². The van der Waals surface area contributed by atoms with Gasteiger partial charge in [-0.1, -0.05) is 44.2 Å². The van der Waals surface area contributed by atoms with Crippen LogP contribution in [0, 0.1) is 0 Å². The van der Waals surface area contributed by atoms with Crippen molar-refractivity contribution in [2.24, 2.45) is 0 Å². The van der Waals surface area contributed by atoms with E-state index in [1.807, 2.05) is 30.3 Å². The van der Waals surface area contributed by atoms with Crippen LogP contribution < -0.4 is 14.2 Å². The molecule has 2 aromatic rings. The highest BCUT2D eigenvalue weighted by molar-refractivity contribution is 6.09. The van der Waals surface area contributed by atoms with E-state index >= 15 is 0 Å². The molecule has 8 heteroatoms. The van der Waals surface area contributed by atoms with E-state index < -0.39 is 17.7 Å². The number of aryl methyl sites for hydroxylation is 1. The Balaban J connectivity index is 2.03. The summed E-state index contributed by atoms with van der Waals surface area (Å²) >= 11 is 0. The van der Waals surface area contributed by atoms with Crippen molar-refractivity contribution >= 4 is 11.7 Å². The van der Waals surface area contributed by atoms with Crippen LogP contribution in [0.2, 0.25) is 0 Å². The van der Waals surface area contributed by atoms with E-state index in [9.17, 15) is 14.7 Å². The van der Waals surface area contributed by atoms with E-state index in [4.69, 9.17) is 14.2 Å². The van der Waals surface area contributed by atoms with Crippen LogP contribution in [0.1, 0.15) is 37.4 Å². The number of methoxy groups -OCH3 is 3. The fourth-order valence-corrected chi connectivity index (χ4v) is 4.60. The molecule has 1 aliphatic rings. The number of carbonyl (C=O) groups excluding carboxylic acids is 2. The molecule has 1 atom stereocenters. The van der Waals surface area contributed by atoms with Gasteiger partial charge in [0.15, 0.2) is 23.0 Å². The number of ether oxygens (including phenoxy) is 3. The van der Waals surface area contributed by atoms with Crippen LogP contribution in [0.15, 0.2) is 53.8 Å². The van der Waals surface area contributed by atoms with E-state index in [-0.39, 0.29) is 17.8 Å². The van der Waals surface area contributed by atoms with Gasteiger partial charge in [-0.3, -0.25) is 9.59 Å². The molecule has 194 valence electrons. The number of benzene rings is 2. The van der Waals surface area contributed by atoms with Crippen molar-refractivity contribution in [3.05, 3.63) is 64.9 Å². The maximum absolute atomic E-state index is 13.5. The number of carbonyl (C=O) groups is 2. The standard InChI is InChI=1S/C28H36N2O6/c1-6-29(7-2)15-16-30-25(20-17-22(34-3)27(36-5)23(18-20)35-4)24(26(32)28(30)33)21(31)14-13-19-11-9-8-10-12-19/h8-12,17-18,25,32H,6-7,13-16H2,1-5H3. The van der Waals surface area contributed by atoms with E-state index in [1.165, 1.54) is 21.3 Å². The Labute approximate surface area is 213 Å². The molecule has 1 aliphatic heterocycles. The molecule has 1 N–H and O–H groups in total. The SMILES string of the molecule is CCN(CC)CCN1C(=O)C(O)=C(C(=O)CCc2ccccc2)C1c1cc(OC)c(OC)c(OC)c1. The molecular formula is C28H36N2O6. The third-order valence-electron chi connectivity index (χ3n) is 6.64. The molecule has 0 aliphatic carbocycles. The van der Waals surface area contributed by atoms with E-state index in [2.05, 4.69) is 18.7 Å². The maximum atomic E-state index is 13.5. The predicted octanol–water partition coefficient (Wildman–Crippen LogP) is 3.95. The molecule has 1 amide bonds. The van der Waals surface area contributed by atoms with E-state index in [0.717, 1.165) is 18.7 Å². The summed E-state index contributed by atoms with van der Waals surface area (Å²) in [6.45, 7) is 6.73. The first-order chi connectivity index (χ1) is 17.4. The Morgan fingerprint density at radius 2 is 1.61 bits per heavy atom. The van der Waals surface area contributed by atoms with Gasteiger partial charge in [-0.05, 0) is 42.8 Å². The lowest BCUT2D eigenvalue weighted by Crippen LogP contribution is -2.38. The Morgan fingerprint density at radius 1 is 1.00 bits per heavy atom. The molecule has 0 radical (unpaired) electrons. The smallest absolute Gasteiger partial charge is 0.290 e. The van der Waals surface area contributed by atoms with E-state index in [0.29, 0.717) is 42.3 Å². The Kier molecular flexibility index (Phi) is 9.36. The minimum Gasteiger partial charge on any atom is -0.503 e. The quantitative estimate of drug-likeness (QED) is 0.449. The lowest BCUT2D eigenvalue weighted by molar-refractivity contribution is -0.129. The van der Waals surface area contributed by atoms with Crippen LogP contribution in [0.4, 0.5) is 0 Å². The molecule has 0 bridgehead atoms. The zero-order valence-corrected chi connectivity index (χ0v) is 21.7. The normalized spacial score (nSPS) is 15.6. The van der Waals surface area contributed by atoms with Crippen LogP contribution in [-0.2, 0) is 16.0 Å². The van der Waals surface area contributed by atoms with Crippen molar-refractivity contribution < 1.29 is 28.9 Å². The summed E-state index contributed by atoms with van der Waals surface area (Å²) < 4.78 is 16.5. The zero-order valence-electron chi connectivity index (χ0n) is 21.7. The molecule has 0 spiro atoms. The first kappa shape index (κ1) is 27.1. The maximum Gasteiger partial charge on any atom is 0.290 e. The number of aliphatic hydroxyl groups is 1. The average Bonchev–Trinajstić information content (AvgIpc) is 3.17. The Hall–Kier alpha value is -3.52. The van der Waals surface area contributed by atoms with Gasteiger partial charge in [-0.25, -0.2) is 0 Å². The molecule has 8 nitrogen and oxygen atoms in total. The van der Waals surface area contributed by atoms with Crippen molar-refractivity contribution in [1.82, 2.24) is 9.80 Å². The van der Waals surface area contributed by atoms with Crippen LogP contribution in [-0.4, -0.2) is 74.1 Å². The van der Waals surface area contributed by atoms with E-state index in [1.54, 1.807) is 17.0 Å². The summed E-state index contributed by atoms with van der Waals surface area (Å²) in [4.78, 5) is 30.5. The second-order valence-corrected chi connectivity index (χ2v) is 8.56. The highest BCUT2D eigenvalue weighted by Gasteiger charge is 2.43. The minimum atomic E-state index is -0.773. The second kappa shape index (κ2) is 12.4. The van der Waals surface area contributed by atoms with Gasteiger partial charge in [0, 0.05) is 19.5 Å². The van der Waals surface area contributed by atoms with Gasteiger partial charge in [0.05, 0.1) is 32.9 Å². The molecule has 0 saturated heterocycles. The molecule has 36 heavy (non-hydrogen) atoms. The van der Waals surface area contributed by atoms with Crippen molar-refractivity contribution in [1.29, 1.82) is 0 Å². The summed E-state index contributed by atoms with van der Waals surface area (Å²) in [5.74, 6) is -0.0898. The first-order valence-corrected chi connectivity index (χ1v) is 12.2. The molecule has 1 unspecified atom stereocenters. The van der Waals surface area contributed by atoms with Gasteiger partial charge in [0.25, 0.3) is 5.91 Å². The zero-order chi connectivity index (χ0) is 26.2. The molecule has 0 fully saturated rings. The molecule has 1 heterocycles. The number of amides is 1. The van der Waals surface area contributed by atoms with Crippen LogP contribution in [0.25, 0.3) is 0 Å². The first-order valence-electron chi connectivity index (χ1n) is 12.2. The molecular weight excluding hydrogens is 460 g/mol. The van der Waals surface area contributed by atoms with Crippen molar-refractivity contribution in [2.75, 3.05) is 47.5 Å². The number of aliphatic hydroxyl groups excluding tert-OH is 1. The summed E-state index contributed by atoms with van der Waals surface area (Å²) in [5, 5.41) is 10.9. The number of Topliss-reactive ketones (excluding diaryl/α,β-unsaturated/α-hetero) is 1. The Morgan fingerprint density at radius 3 is 2.14 bits per heavy atom. The molecule has 3 rings (SSSR count). The summed E-state index contributed by atoms with van der Waals surface area (Å²) in [7, 11) is 4.54. The second-order valence-electron chi connectivity index (χ2n) is 8.56. The molecule has 0 aromatic heterocycles. The Bertz CT molecular complexity index is 1070. The highest BCUT2D eigenvalue weighted by atomic mass is 16.5. The lowest BCUT2D eigenvalue weighted by Gasteiger charge is -2.30. The molecule has 0 saturated carbocycles. The number of likely N-dealkylation sites (N-methyl/N-ethyl adjacent to an activating group) is 1. The van der Waals surface area contributed by atoms with Gasteiger partial charge >= 0.3 is 0 Å². The van der Waals surface area contributed by atoms with Crippen LogP contribution in [0.5, 0.6) is 17.2 Å². The van der Waals surface area contributed by atoms with Crippen LogP contribution in [0.3, 0.4) is 0 Å². The van der Waals surface area contributed by atoms with Gasteiger partial charge in [0.1, 0.15) is 0 Å². The minimum absolute atomic E-state index is 0.102. The summed E-state index contributed by atoms with van der Waals surface area (Å²) in [5.41, 5.74) is 1.72. The fraction of sp³-hybridized carbons (Fsp3) is 0.429. The van der Waals surface area contributed by atoms with Gasteiger partial charge in [-0.2, -0.15) is 0 Å². The van der Waals surface area contributed by atoms with Gasteiger partial charge in [-0.15, -0.1) is 0 Å². The number of nitrogens with zero attached hydrogens (tertiary/aromatic N) is 2. The van der Waals surface area contributed by atoms with Crippen molar-refractivity contribution in [3.63, 3.8) is 0 Å². The third-order valence-corrected chi connectivity index (χ3v) is 6.64. The number of hydrogen-bond donors (Lipinski definition) is 1.